The first-order chi connectivity index (χ1) is 11.9. The van der Waals surface area contributed by atoms with Crippen LogP contribution in [0.25, 0.3) is 0 Å². The van der Waals surface area contributed by atoms with Crippen molar-refractivity contribution in [3.05, 3.63) is 65.2 Å². The van der Waals surface area contributed by atoms with E-state index in [1.807, 2.05) is 24.3 Å². The van der Waals surface area contributed by atoms with E-state index in [9.17, 15) is 13.2 Å². The van der Waals surface area contributed by atoms with Gasteiger partial charge < -0.3 is 15.4 Å². The second kappa shape index (κ2) is 10.2. The first-order valence-corrected chi connectivity index (χ1v) is 7.66. The number of hydrogen-bond donors (Lipinski definition) is 2. The van der Waals surface area contributed by atoms with E-state index in [0.717, 1.165) is 23.4 Å². The molecule has 0 unspecified atom stereocenters. The molecule has 0 saturated carbocycles. The third kappa shape index (κ3) is 6.40. The molecule has 0 aliphatic heterocycles. The number of para-hydroxylation sites is 1. The van der Waals surface area contributed by atoms with Crippen LogP contribution >= 0.6 is 24.0 Å². The highest BCUT2D eigenvalue weighted by Crippen LogP contribution is 2.29. The van der Waals surface area contributed by atoms with Crippen molar-refractivity contribution in [2.45, 2.75) is 19.3 Å². The van der Waals surface area contributed by atoms with E-state index < -0.39 is 11.7 Å². The lowest BCUT2D eigenvalue weighted by molar-refractivity contribution is -0.137. The Bertz CT molecular complexity index is 736. The summed E-state index contributed by atoms with van der Waals surface area (Å²) in [6.45, 7) is 0.710. The summed E-state index contributed by atoms with van der Waals surface area (Å²) in [7, 11) is 3.20. The minimum atomic E-state index is -4.35. The minimum absolute atomic E-state index is 0. The maximum atomic E-state index is 12.7. The van der Waals surface area contributed by atoms with Gasteiger partial charge in [-0.2, -0.15) is 13.2 Å². The molecule has 0 saturated heterocycles. The average molecular weight is 479 g/mol. The van der Waals surface area contributed by atoms with E-state index in [0.29, 0.717) is 18.1 Å². The number of ether oxygens (including phenoxy) is 1. The van der Waals surface area contributed by atoms with Crippen LogP contribution in [0.1, 0.15) is 16.7 Å². The molecule has 2 aromatic carbocycles. The SMILES string of the molecule is CN=C(NCc1cccc(C(F)(F)F)c1)NCc1ccccc1OC.I. The molecule has 2 rings (SSSR count). The number of nitrogens with one attached hydrogen (secondary N) is 2. The normalized spacial score (nSPS) is 11.5. The Kier molecular flexibility index (Phi) is 8.70. The van der Waals surface area contributed by atoms with Gasteiger partial charge in [-0.05, 0) is 23.8 Å². The molecule has 26 heavy (non-hydrogen) atoms. The highest BCUT2D eigenvalue weighted by Gasteiger charge is 2.30. The van der Waals surface area contributed by atoms with Crippen molar-refractivity contribution in [3.63, 3.8) is 0 Å². The molecule has 2 aromatic rings. The van der Waals surface area contributed by atoms with Crippen molar-refractivity contribution in [1.82, 2.24) is 10.6 Å². The summed E-state index contributed by atoms with van der Waals surface area (Å²) in [5, 5.41) is 6.12. The summed E-state index contributed by atoms with van der Waals surface area (Å²) >= 11 is 0. The van der Waals surface area contributed by atoms with Crippen molar-refractivity contribution < 1.29 is 17.9 Å². The molecule has 0 radical (unpaired) electrons. The lowest BCUT2D eigenvalue weighted by atomic mass is 10.1. The zero-order valence-electron chi connectivity index (χ0n) is 14.4. The molecule has 0 aliphatic rings. The molecular formula is C18H21F3IN3O. The third-order valence-corrected chi connectivity index (χ3v) is 3.58. The summed E-state index contributed by atoms with van der Waals surface area (Å²) in [6, 6.07) is 12.8. The van der Waals surface area contributed by atoms with Gasteiger partial charge in [-0.25, -0.2) is 0 Å². The second-order valence-corrected chi connectivity index (χ2v) is 5.29. The second-order valence-electron chi connectivity index (χ2n) is 5.29. The van der Waals surface area contributed by atoms with Gasteiger partial charge in [-0.3, -0.25) is 4.99 Å². The maximum Gasteiger partial charge on any atom is 0.416 e. The van der Waals surface area contributed by atoms with E-state index in [2.05, 4.69) is 15.6 Å². The first kappa shape index (κ1) is 22.1. The van der Waals surface area contributed by atoms with Gasteiger partial charge >= 0.3 is 6.18 Å². The quantitative estimate of drug-likeness (QED) is 0.384. The Labute approximate surface area is 167 Å². The minimum Gasteiger partial charge on any atom is -0.496 e. The fourth-order valence-electron chi connectivity index (χ4n) is 2.29. The van der Waals surface area contributed by atoms with Crippen LogP contribution in [0.4, 0.5) is 13.2 Å². The fraction of sp³-hybridized carbons (Fsp3) is 0.278. The average Bonchev–Trinajstić information content (AvgIpc) is 2.61. The summed E-state index contributed by atoms with van der Waals surface area (Å²) in [4.78, 5) is 4.08. The van der Waals surface area contributed by atoms with Gasteiger partial charge in [0, 0.05) is 25.7 Å². The van der Waals surface area contributed by atoms with Crippen LogP contribution in [-0.4, -0.2) is 20.1 Å². The van der Waals surface area contributed by atoms with E-state index in [1.54, 1.807) is 20.2 Å². The highest BCUT2D eigenvalue weighted by molar-refractivity contribution is 14.0. The molecule has 2 N–H and O–H groups in total. The van der Waals surface area contributed by atoms with Crippen LogP contribution in [0.15, 0.2) is 53.5 Å². The number of aliphatic imine (C=N–C) groups is 1. The van der Waals surface area contributed by atoms with Crippen molar-refractivity contribution in [2.24, 2.45) is 4.99 Å². The van der Waals surface area contributed by atoms with Gasteiger partial charge in [-0.15, -0.1) is 24.0 Å². The molecule has 0 aliphatic carbocycles. The number of alkyl halides is 3. The number of guanidine groups is 1. The molecule has 0 aromatic heterocycles. The van der Waals surface area contributed by atoms with Crippen molar-refractivity contribution in [1.29, 1.82) is 0 Å². The topological polar surface area (TPSA) is 45.7 Å². The van der Waals surface area contributed by atoms with Gasteiger partial charge in [0.2, 0.25) is 0 Å². The number of benzene rings is 2. The molecule has 142 valence electrons. The van der Waals surface area contributed by atoms with Crippen LogP contribution in [0.5, 0.6) is 5.75 Å². The molecule has 0 spiro atoms. The predicted molar refractivity (Wildman–Crippen MR) is 107 cm³/mol. The highest BCUT2D eigenvalue weighted by atomic mass is 127. The number of hydrogen-bond acceptors (Lipinski definition) is 2. The molecule has 4 nitrogen and oxygen atoms in total. The largest absolute Gasteiger partial charge is 0.496 e. The Morgan fingerprint density at radius 3 is 2.38 bits per heavy atom. The molecule has 0 atom stereocenters. The Morgan fingerprint density at radius 1 is 1.04 bits per heavy atom. The molecule has 0 heterocycles. The van der Waals surface area contributed by atoms with Crippen LogP contribution in [-0.2, 0) is 19.3 Å². The first-order valence-electron chi connectivity index (χ1n) is 7.66. The number of rotatable bonds is 5. The predicted octanol–water partition coefficient (Wildman–Crippen LogP) is 4.20. The van der Waals surface area contributed by atoms with Crippen LogP contribution in [0.3, 0.4) is 0 Å². The van der Waals surface area contributed by atoms with Gasteiger partial charge in [0.05, 0.1) is 12.7 Å². The summed E-state index contributed by atoms with van der Waals surface area (Å²) in [6.07, 6.45) is -4.35. The lowest BCUT2D eigenvalue weighted by Gasteiger charge is -2.14. The number of nitrogens with zero attached hydrogens (tertiary/aromatic N) is 1. The third-order valence-electron chi connectivity index (χ3n) is 3.58. The van der Waals surface area contributed by atoms with Crippen LogP contribution < -0.4 is 15.4 Å². The van der Waals surface area contributed by atoms with E-state index in [-0.39, 0.29) is 30.5 Å². The van der Waals surface area contributed by atoms with Gasteiger partial charge in [-0.1, -0.05) is 30.3 Å². The number of methoxy groups -OCH3 is 1. The zero-order chi connectivity index (χ0) is 18.3. The fourth-order valence-corrected chi connectivity index (χ4v) is 2.29. The molecule has 8 heteroatoms. The molecule has 0 amide bonds. The standard InChI is InChI=1S/C18H20F3N3O.HI/c1-22-17(24-12-14-7-3-4-9-16(14)25-2)23-11-13-6-5-8-15(10-13)18(19,20)21;/h3-10H,11-12H2,1-2H3,(H2,22,23,24);1H. The summed E-state index contributed by atoms with van der Waals surface area (Å²) < 4.78 is 43.5. The van der Waals surface area contributed by atoms with Crippen molar-refractivity contribution >= 4 is 29.9 Å². The maximum absolute atomic E-state index is 12.7. The Morgan fingerprint density at radius 2 is 1.73 bits per heavy atom. The van der Waals surface area contributed by atoms with E-state index in [4.69, 9.17) is 4.74 Å². The molecular weight excluding hydrogens is 458 g/mol. The van der Waals surface area contributed by atoms with Gasteiger partial charge in [0.25, 0.3) is 0 Å². The Balaban J connectivity index is 0.00000338. The van der Waals surface area contributed by atoms with Crippen LogP contribution in [0.2, 0.25) is 0 Å². The van der Waals surface area contributed by atoms with Crippen molar-refractivity contribution in [2.75, 3.05) is 14.2 Å². The summed E-state index contributed by atoms with van der Waals surface area (Å²) in [5.41, 5.74) is 0.811. The smallest absolute Gasteiger partial charge is 0.416 e. The van der Waals surface area contributed by atoms with Crippen molar-refractivity contribution in [3.8, 4) is 5.75 Å². The summed E-state index contributed by atoms with van der Waals surface area (Å²) in [5.74, 6) is 1.24. The lowest BCUT2D eigenvalue weighted by Crippen LogP contribution is -2.36. The zero-order valence-corrected chi connectivity index (χ0v) is 16.8. The van der Waals surface area contributed by atoms with Gasteiger partial charge in [0.15, 0.2) is 5.96 Å². The number of halogens is 4. The molecule has 0 bridgehead atoms. The van der Waals surface area contributed by atoms with Crippen LogP contribution in [0, 0.1) is 0 Å². The Hall–Kier alpha value is -1.97. The molecule has 0 fully saturated rings. The van der Waals surface area contributed by atoms with E-state index in [1.165, 1.54) is 6.07 Å². The van der Waals surface area contributed by atoms with E-state index >= 15 is 0 Å². The monoisotopic (exact) mass is 479 g/mol. The van der Waals surface area contributed by atoms with Gasteiger partial charge in [0.1, 0.15) is 5.75 Å².